The van der Waals surface area contributed by atoms with Crippen LogP contribution in [0.5, 0.6) is 5.75 Å². The van der Waals surface area contributed by atoms with Gasteiger partial charge in [-0.2, -0.15) is 0 Å². The van der Waals surface area contributed by atoms with Crippen molar-refractivity contribution >= 4 is 40.9 Å². The molecule has 0 atom stereocenters. The van der Waals surface area contributed by atoms with Gasteiger partial charge in [-0.15, -0.1) is 0 Å². The largest absolute Gasteiger partial charge is 0.492 e. The van der Waals surface area contributed by atoms with E-state index in [1.807, 2.05) is 4.90 Å². The van der Waals surface area contributed by atoms with Gasteiger partial charge in [-0.25, -0.2) is 0 Å². The van der Waals surface area contributed by atoms with E-state index in [0.717, 1.165) is 12.8 Å². The average molecular weight is 442 g/mol. The van der Waals surface area contributed by atoms with Crippen LogP contribution >= 0.6 is 23.2 Å². The molecule has 0 aromatic heterocycles. The van der Waals surface area contributed by atoms with E-state index in [9.17, 15) is 14.4 Å². The summed E-state index contributed by atoms with van der Waals surface area (Å²) in [5.74, 6) is 0.260. The Balaban J connectivity index is 1.28. The molecular formula is C20H25Cl2N3O4. The fraction of sp³-hybridized carbons (Fsp3) is 0.550. The minimum Gasteiger partial charge on any atom is -0.492 e. The van der Waals surface area contributed by atoms with Crippen molar-refractivity contribution in [2.75, 3.05) is 19.7 Å². The fourth-order valence-electron chi connectivity index (χ4n) is 3.25. The molecule has 0 spiro atoms. The predicted molar refractivity (Wildman–Crippen MR) is 110 cm³/mol. The van der Waals surface area contributed by atoms with E-state index < -0.39 is 0 Å². The smallest absolute Gasteiger partial charge is 0.241 e. The zero-order valence-corrected chi connectivity index (χ0v) is 17.6. The lowest BCUT2D eigenvalue weighted by molar-refractivity contribution is -0.137. The number of rotatable bonds is 7. The summed E-state index contributed by atoms with van der Waals surface area (Å²) in [6.07, 6.45) is 3.90. The third-order valence-electron chi connectivity index (χ3n) is 5.13. The number of hydrogen-bond donors (Lipinski definition) is 2. The first-order chi connectivity index (χ1) is 13.9. The highest BCUT2D eigenvalue weighted by Gasteiger charge is 2.35. The molecule has 3 amide bonds. The second kappa shape index (κ2) is 10.2. The second-order valence-electron chi connectivity index (χ2n) is 7.44. The number of benzene rings is 1. The van der Waals surface area contributed by atoms with Gasteiger partial charge < -0.3 is 9.64 Å². The Labute approximate surface area is 180 Å². The van der Waals surface area contributed by atoms with Gasteiger partial charge >= 0.3 is 0 Å². The first kappa shape index (κ1) is 21.7. The first-order valence-electron chi connectivity index (χ1n) is 9.89. The lowest BCUT2D eigenvalue weighted by Gasteiger charge is -2.31. The van der Waals surface area contributed by atoms with E-state index in [0.29, 0.717) is 54.8 Å². The van der Waals surface area contributed by atoms with Crippen LogP contribution in [0.1, 0.15) is 38.5 Å². The number of carbonyl (C=O) groups excluding carboxylic acids is 3. The van der Waals surface area contributed by atoms with E-state index >= 15 is 0 Å². The standard InChI is InChI=1S/C20H25Cl2N3O4/c21-15-5-6-17(16(22)12-15)29-11-1-2-18(26)23-24-19(27)13-7-9-25(10-8-13)20(28)14-3-4-14/h5-6,12-14H,1-4,7-11H2,(H,23,26)(H,24,27). The third-order valence-corrected chi connectivity index (χ3v) is 5.66. The number of hydrogen-bond acceptors (Lipinski definition) is 4. The first-order valence-corrected chi connectivity index (χ1v) is 10.6. The summed E-state index contributed by atoms with van der Waals surface area (Å²) in [5, 5.41) is 0.941. The summed E-state index contributed by atoms with van der Waals surface area (Å²) in [6.45, 7) is 1.52. The van der Waals surface area contributed by atoms with Crippen LogP contribution in [0.2, 0.25) is 10.0 Å². The molecule has 1 saturated heterocycles. The monoisotopic (exact) mass is 441 g/mol. The molecule has 7 nitrogen and oxygen atoms in total. The Kier molecular flexibility index (Phi) is 7.61. The van der Waals surface area contributed by atoms with Crippen LogP contribution in [-0.2, 0) is 14.4 Å². The maximum atomic E-state index is 12.2. The Morgan fingerprint density at radius 1 is 1.03 bits per heavy atom. The normalized spacial score (nSPS) is 17.0. The molecule has 1 aliphatic carbocycles. The highest BCUT2D eigenvalue weighted by molar-refractivity contribution is 6.35. The minimum absolute atomic E-state index is 0.186. The second-order valence-corrected chi connectivity index (χ2v) is 8.28. The molecule has 0 bridgehead atoms. The number of ether oxygens (including phenoxy) is 1. The van der Waals surface area contributed by atoms with Crippen molar-refractivity contribution < 1.29 is 19.1 Å². The van der Waals surface area contributed by atoms with Crippen LogP contribution in [0.25, 0.3) is 0 Å². The van der Waals surface area contributed by atoms with E-state index in [1.54, 1.807) is 18.2 Å². The molecule has 158 valence electrons. The fourth-order valence-corrected chi connectivity index (χ4v) is 3.72. The lowest BCUT2D eigenvalue weighted by atomic mass is 9.96. The molecule has 3 rings (SSSR count). The van der Waals surface area contributed by atoms with E-state index in [4.69, 9.17) is 27.9 Å². The summed E-state index contributed by atoms with van der Waals surface area (Å²) in [7, 11) is 0. The number of halogens is 2. The maximum Gasteiger partial charge on any atom is 0.241 e. The van der Waals surface area contributed by atoms with E-state index in [1.165, 1.54) is 0 Å². The number of piperidine rings is 1. The van der Waals surface area contributed by atoms with Crippen LogP contribution in [0.3, 0.4) is 0 Å². The summed E-state index contributed by atoms with van der Waals surface area (Å²) in [4.78, 5) is 38.0. The Bertz CT molecular complexity index is 762. The summed E-state index contributed by atoms with van der Waals surface area (Å²) < 4.78 is 5.52. The van der Waals surface area contributed by atoms with Crippen molar-refractivity contribution in [1.29, 1.82) is 0 Å². The molecule has 29 heavy (non-hydrogen) atoms. The molecule has 2 aliphatic rings. The number of nitrogens with one attached hydrogen (secondary N) is 2. The number of likely N-dealkylation sites (tertiary alicyclic amines) is 1. The topological polar surface area (TPSA) is 87.7 Å². The quantitative estimate of drug-likeness (QED) is 0.502. The Morgan fingerprint density at radius 3 is 2.41 bits per heavy atom. The molecule has 0 radical (unpaired) electrons. The van der Waals surface area contributed by atoms with Crippen molar-refractivity contribution in [3.63, 3.8) is 0 Å². The number of nitrogens with zero attached hydrogens (tertiary/aromatic N) is 1. The van der Waals surface area contributed by atoms with E-state index in [-0.39, 0.29) is 36.0 Å². The molecule has 0 unspecified atom stereocenters. The van der Waals surface area contributed by atoms with Crippen molar-refractivity contribution in [2.45, 2.75) is 38.5 Å². The number of hydrazine groups is 1. The molecule has 1 heterocycles. The van der Waals surface area contributed by atoms with Gasteiger partial charge in [0.05, 0.1) is 11.6 Å². The summed E-state index contributed by atoms with van der Waals surface area (Å²) in [5.41, 5.74) is 4.93. The molecular weight excluding hydrogens is 417 g/mol. The van der Waals surface area contributed by atoms with Crippen molar-refractivity contribution in [3.8, 4) is 5.75 Å². The van der Waals surface area contributed by atoms with Crippen LogP contribution in [0.15, 0.2) is 18.2 Å². The van der Waals surface area contributed by atoms with Gasteiger partial charge in [0.15, 0.2) is 0 Å². The van der Waals surface area contributed by atoms with Crippen LogP contribution in [-0.4, -0.2) is 42.3 Å². The lowest BCUT2D eigenvalue weighted by Crippen LogP contribution is -2.48. The van der Waals surface area contributed by atoms with Crippen molar-refractivity contribution in [1.82, 2.24) is 15.8 Å². The molecule has 2 fully saturated rings. The minimum atomic E-state index is -0.287. The van der Waals surface area contributed by atoms with Gasteiger partial charge in [-0.05, 0) is 50.3 Å². The SMILES string of the molecule is O=C(CCCOc1ccc(Cl)cc1Cl)NNC(=O)C1CCN(C(=O)C2CC2)CC1. The number of carbonyl (C=O) groups is 3. The van der Waals surface area contributed by atoms with Gasteiger partial charge in [-0.1, -0.05) is 23.2 Å². The van der Waals surface area contributed by atoms with Crippen molar-refractivity contribution in [3.05, 3.63) is 28.2 Å². The molecule has 2 N–H and O–H groups in total. The highest BCUT2D eigenvalue weighted by Crippen LogP contribution is 2.32. The molecule has 9 heteroatoms. The van der Waals surface area contributed by atoms with Gasteiger partial charge in [0, 0.05) is 36.4 Å². The summed E-state index contributed by atoms with van der Waals surface area (Å²) >= 11 is 11.8. The van der Waals surface area contributed by atoms with E-state index in [2.05, 4.69) is 10.9 Å². The van der Waals surface area contributed by atoms with Gasteiger partial charge in [0.25, 0.3) is 0 Å². The van der Waals surface area contributed by atoms with Crippen LogP contribution in [0.4, 0.5) is 0 Å². The molecule has 1 aliphatic heterocycles. The molecule has 1 aromatic rings. The van der Waals surface area contributed by atoms with Gasteiger partial charge in [0.1, 0.15) is 5.75 Å². The summed E-state index contributed by atoms with van der Waals surface area (Å²) in [6, 6.07) is 4.94. The zero-order chi connectivity index (χ0) is 20.8. The predicted octanol–water partition coefficient (Wildman–Crippen LogP) is 2.95. The Morgan fingerprint density at radius 2 is 1.76 bits per heavy atom. The van der Waals surface area contributed by atoms with Crippen LogP contribution in [0, 0.1) is 11.8 Å². The highest BCUT2D eigenvalue weighted by atomic mass is 35.5. The number of amides is 3. The molecule has 1 saturated carbocycles. The van der Waals surface area contributed by atoms with Gasteiger partial charge in [-0.3, -0.25) is 25.2 Å². The molecule has 1 aromatic carbocycles. The maximum absolute atomic E-state index is 12.2. The zero-order valence-electron chi connectivity index (χ0n) is 16.1. The van der Waals surface area contributed by atoms with Crippen LogP contribution < -0.4 is 15.6 Å². The van der Waals surface area contributed by atoms with Crippen molar-refractivity contribution in [2.24, 2.45) is 11.8 Å². The Hall–Kier alpha value is -1.99. The van der Waals surface area contributed by atoms with Gasteiger partial charge in [0.2, 0.25) is 17.7 Å². The average Bonchev–Trinajstić information content (AvgIpc) is 3.55. The third kappa shape index (κ3) is 6.51.